The first-order chi connectivity index (χ1) is 19.5. The van der Waals surface area contributed by atoms with Crippen LogP contribution in [0.4, 0.5) is 0 Å². The van der Waals surface area contributed by atoms with E-state index in [1.54, 1.807) is 0 Å². The smallest absolute Gasteiger partial charge is 0.0161 e. The van der Waals surface area contributed by atoms with Crippen LogP contribution in [0.15, 0.2) is 0 Å². The van der Waals surface area contributed by atoms with Gasteiger partial charge in [0.1, 0.15) is 0 Å². The SMILES string of the molecule is CC1CCC(N(C2CCCCC2)C2C(C)C(C)C(N(C3CCCCC3)C3CCC(C)CC3)C3CCCCC32)CC1. The van der Waals surface area contributed by atoms with Crippen LogP contribution < -0.4 is 0 Å². The van der Waals surface area contributed by atoms with Crippen molar-refractivity contribution in [1.29, 1.82) is 0 Å². The Kier molecular flexibility index (Phi) is 10.3. The maximum absolute atomic E-state index is 3.33. The lowest BCUT2D eigenvalue weighted by Crippen LogP contribution is -2.67. The van der Waals surface area contributed by atoms with Gasteiger partial charge in [0.2, 0.25) is 0 Å². The van der Waals surface area contributed by atoms with E-state index in [0.29, 0.717) is 0 Å². The van der Waals surface area contributed by atoms with Crippen LogP contribution in [0.25, 0.3) is 0 Å². The van der Waals surface area contributed by atoms with Crippen molar-refractivity contribution in [3.05, 3.63) is 0 Å². The predicted octanol–water partition coefficient (Wildman–Crippen LogP) is 10.2. The van der Waals surface area contributed by atoms with Crippen molar-refractivity contribution in [2.45, 2.75) is 205 Å². The second-order valence-corrected chi connectivity index (χ2v) is 16.6. The number of hydrogen-bond acceptors (Lipinski definition) is 2. The first kappa shape index (κ1) is 30.0. The Balaban J connectivity index is 1.32. The molecule has 6 atom stereocenters. The average Bonchev–Trinajstić information content (AvgIpc) is 3.00. The molecule has 0 bridgehead atoms. The van der Waals surface area contributed by atoms with Crippen molar-refractivity contribution in [3.8, 4) is 0 Å². The summed E-state index contributed by atoms with van der Waals surface area (Å²) in [5, 5.41) is 0. The second kappa shape index (κ2) is 13.7. The lowest BCUT2D eigenvalue weighted by atomic mass is 9.57. The molecule has 0 heterocycles. The Morgan fingerprint density at radius 1 is 0.325 bits per heavy atom. The highest BCUT2D eigenvalue weighted by Gasteiger charge is 2.54. The molecule has 0 aliphatic heterocycles. The number of hydrogen-bond donors (Lipinski definition) is 0. The van der Waals surface area contributed by atoms with E-state index in [4.69, 9.17) is 0 Å². The van der Waals surface area contributed by atoms with E-state index in [0.717, 1.165) is 71.8 Å². The van der Waals surface area contributed by atoms with Crippen molar-refractivity contribution >= 4 is 0 Å². The first-order valence-electron chi connectivity index (χ1n) is 19.1. The molecule has 0 radical (unpaired) electrons. The lowest BCUT2D eigenvalue weighted by Gasteiger charge is -2.62. The van der Waals surface area contributed by atoms with E-state index < -0.39 is 0 Å². The van der Waals surface area contributed by atoms with E-state index >= 15 is 0 Å². The molecule has 6 saturated carbocycles. The molecule has 0 spiro atoms. The molecule has 0 amide bonds. The average molecular weight is 553 g/mol. The molecule has 0 aromatic carbocycles. The zero-order chi connectivity index (χ0) is 27.6. The molecule has 6 aliphatic carbocycles. The van der Waals surface area contributed by atoms with Gasteiger partial charge in [-0.1, -0.05) is 79.1 Å². The zero-order valence-corrected chi connectivity index (χ0v) is 27.4. The lowest BCUT2D eigenvalue weighted by molar-refractivity contribution is -0.131. The Morgan fingerprint density at radius 3 is 0.975 bits per heavy atom. The fourth-order valence-corrected chi connectivity index (χ4v) is 11.8. The van der Waals surface area contributed by atoms with E-state index in [9.17, 15) is 0 Å². The maximum atomic E-state index is 3.33. The number of nitrogens with zero attached hydrogens (tertiary/aromatic N) is 2. The van der Waals surface area contributed by atoms with Gasteiger partial charge in [0, 0.05) is 36.3 Å². The molecular weight excluding hydrogens is 484 g/mol. The van der Waals surface area contributed by atoms with Gasteiger partial charge in [-0.15, -0.1) is 0 Å². The Labute approximate surface area is 250 Å². The highest BCUT2D eigenvalue weighted by atomic mass is 15.3. The van der Waals surface area contributed by atoms with Crippen LogP contribution in [-0.2, 0) is 0 Å². The molecule has 0 saturated heterocycles. The molecule has 0 aromatic rings. The van der Waals surface area contributed by atoms with Crippen LogP contribution in [0.3, 0.4) is 0 Å². The monoisotopic (exact) mass is 553 g/mol. The summed E-state index contributed by atoms with van der Waals surface area (Å²) in [6.45, 7) is 10.6. The standard InChI is InChI=1S/C38H68N2/c1-27-19-23-33(24-20-27)39(31-13-7-5-8-14-31)37-29(3)30(4)38(36-18-12-11-17-35(36)37)40(32-15-9-6-10-16-32)34-25-21-28(2)22-26-34/h27-38H,5-26H2,1-4H3. The van der Waals surface area contributed by atoms with Crippen molar-refractivity contribution in [2.75, 3.05) is 0 Å². The van der Waals surface area contributed by atoms with Gasteiger partial charge in [-0.25, -0.2) is 0 Å². The van der Waals surface area contributed by atoms with Crippen LogP contribution in [0.2, 0.25) is 0 Å². The van der Waals surface area contributed by atoms with Gasteiger partial charge in [-0.05, 0) is 125 Å². The molecule has 0 N–H and O–H groups in total. The minimum Gasteiger partial charge on any atom is -0.294 e. The summed E-state index contributed by atoms with van der Waals surface area (Å²) in [5.74, 6) is 5.53. The van der Waals surface area contributed by atoms with Gasteiger partial charge >= 0.3 is 0 Å². The van der Waals surface area contributed by atoms with Crippen molar-refractivity contribution in [1.82, 2.24) is 9.80 Å². The molecule has 0 aromatic heterocycles. The summed E-state index contributed by atoms with van der Waals surface area (Å²) in [4.78, 5) is 6.66. The predicted molar refractivity (Wildman–Crippen MR) is 172 cm³/mol. The number of rotatable bonds is 6. The Bertz CT molecular complexity index is 687. The van der Waals surface area contributed by atoms with Gasteiger partial charge in [0.25, 0.3) is 0 Å². The maximum Gasteiger partial charge on any atom is 0.0161 e. The molecule has 6 unspecified atom stereocenters. The normalized spacial score (nSPS) is 44.5. The largest absolute Gasteiger partial charge is 0.294 e. The highest BCUT2D eigenvalue weighted by Crippen LogP contribution is 2.53. The highest BCUT2D eigenvalue weighted by molar-refractivity contribution is 5.08. The molecule has 6 aliphatic rings. The third kappa shape index (κ3) is 6.25. The first-order valence-corrected chi connectivity index (χ1v) is 19.1. The zero-order valence-electron chi connectivity index (χ0n) is 27.4. The van der Waals surface area contributed by atoms with Crippen LogP contribution >= 0.6 is 0 Å². The summed E-state index contributed by atoms with van der Waals surface area (Å²) >= 11 is 0. The van der Waals surface area contributed by atoms with Crippen molar-refractivity contribution in [2.24, 2.45) is 35.5 Å². The fourth-order valence-electron chi connectivity index (χ4n) is 11.8. The van der Waals surface area contributed by atoms with Crippen molar-refractivity contribution < 1.29 is 0 Å². The number of fused-ring (bicyclic) bond motifs is 1. The van der Waals surface area contributed by atoms with Gasteiger partial charge in [0.05, 0.1) is 0 Å². The third-order valence-corrected chi connectivity index (χ3v) is 14.2. The van der Waals surface area contributed by atoms with Gasteiger partial charge in [-0.3, -0.25) is 9.80 Å². The second-order valence-electron chi connectivity index (χ2n) is 16.6. The molecule has 2 heteroatoms. The topological polar surface area (TPSA) is 6.48 Å². The van der Waals surface area contributed by atoms with Crippen LogP contribution in [0.5, 0.6) is 0 Å². The van der Waals surface area contributed by atoms with Gasteiger partial charge in [0.15, 0.2) is 0 Å². The third-order valence-electron chi connectivity index (χ3n) is 14.2. The molecule has 6 fully saturated rings. The minimum atomic E-state index is 0.847. The molecule has 2 nitrogen and oxygen atoms in total. The summed E-state index contributed by atoms with van der Waals surface area (Å²) in [6, 6.07) is 5.26. The Hall–Kier alpha value is -0.0800. The summed E-state index contributed by atoms with van der Waals surface area (Å²) < 4.78 is 0. The summed E-state index contributed by atoms with van der Waals surface area (Å²) in [5.41, 5.74) is 0. The molecule has 230 valence electrons. The van der Waals surface area contributed by atoms with Gasteiger partial charge in [-0.2, -0.15) is 0 Å². The van der Waals surface area contributed by atoms with Crippen LogP contribution in [0, 0.1) is 35.5 Å². The van der Waals surface area contributed by atoms with E-state index in [1.165, 1.54) is 141 Å². The Morgan fingerprint density at radius 2 is 0.625 bits per heavy atom. The van der Waals surface area contributed by atoms with E-state index in [1.807, 2.05) is 0 Å². The summed E-state index contributed by atoms with van der Waals surface area (Å²) in [7, 11) is 0. The fraction of sp³-hybridized carbons (Fsp3) is 1.00. The molecule has 40 heavy (non-hydrogen) atoms. The summed E-state index contributed by atoms with van der Waals surface area (Å²) in [6.07, 6.45) is 32.9. The van der Waals surface area contributed by atoms with E-state index in [-0.39, 0.29) is 0 Å². The molecule has 6 rings (SSSR count). The van der Waals surface area contributed by atoms with Crippen LogP contribution in [0.1, 0.15) is 169 Å². The minimum absolute atomic E-state index is 0.847. The van der Waals surface area contributed by atoms with E-state index in [2.05, 4.69) is 37.5 Å². The van der Waals surface area contributed by atoms with Crippen molar-refractivity contribution in [3.63, 3.8) is 0 Å². The van der Waals surface area contributed by atoms with Gasteiger partial charge < -0.3 is 0 Å². The molecular formula is C38H68N2. The van der Waals surface area contributed by atoms with Crippen LogP contribution in [-0.4, -0.2) is 46.1 Å². The quantitative estimate of drug-likeness (QED) is 0.323.